The van der Waals surface area contributed by atoms with E-state index in [-0.39, 0.29) is 42.1 Å². The van der Waals surface area contributed by atoms with E-state index in [0.717, 1.165) is 49.2 Å². The molecule has 4 rings (SSSR count). The first-order chi connectivity index (χ1) is 12.6. The quantitative estimate of drug-likeness (QED) is 0.749. The highest BCUT2D eigenvalue weighted by atomic mass is 35.5. The van der Waals surface area contributed by atoms with Gasteiger partial charge in [0.25, 0.3) is 0 Å². The maximum absolute atomic E-state index is 12.7. The number of aryl methyl sites for hydroxylation is 2. The molecule has 152 valence electrons. The lowest BCUT2D eigenvalue weighted by Gasteiger charge is -2.23. The molecule has 5 nitrogen and oxygen atoms in total. The van der Waals surface area contributed by atoms with Gasteiger partial charge in [-0.25, -0.2) is 4.98 Å². The monoisotopic (exact) mass is 423 g/mol. The predicted molar refractivity (Wildman–Crippen MR) is 116 cm³/mol. The van der Waals surface area contributed by atoms with Gasteiger partial charge in [-0.05, 0) is 74.9 Å². The topological polar surface area (TPSA) is 63.2 Å². The molecule has 7 heteroatoms. The highest BCUT2D eigenvalue weighted by Gasteiger charge is 2.57. The SMILES string of the molecule is Cc1ccnc(Oc2cc(NC(=O)C3CC34CCNCC4)ccc2C)c1.Cl.Cl. The van der Waals surface area contributed by atoms with Gasteiger partial charge in [-0.3, -0.25) is 4.79 Å². The van der Waals surface area contributed by atoms with Crippen LogP contribution in [-0.2, 0) is 4.79 Å². The molecule has 2 aromatic rings. The molecule has 1 aliphatic heterocycles. The summed E-state index contributed by atoms with van der Waals surface area (Å²) in [4.78, 5) is 16.9. The Bertz CT molecular complexity index is 838. The van der Waals surface area contributed by atoms with Crippen LogP contribution < -0.4 is 15.4 Å². The molecule has 1 aromatic carbocycles. The highest BCUT2D eigenvalue weighted by molar-refractivity contribution is 5.95. The minimum Gasteiger partial charge on any atom is -0.439 e. The third-order valence-electron chi connectivity index (χ3n) is 5.67. The number of piperidine rings is 1. The lowest BCUT2D eigenvalue weighted by Crippen LogP contribution is -2.31. The summed E-state index contributed by atoms with van der Waals surface area (Å²) in [7, 11) is 0. The number of nitrogens with zero attached hydrogens (tertiary/aromatic N) is 1. The Morgan fingerprint density at radius 3 is 2.64 bits per heavy atom. The molecule has 1 saturated carbocycles. The van der Waals surface area contributed by atoms with Gasteiger partial charge in [-0.1, -0.05) is 6.07 Å². The van der Waals surface area contributed by atoms with Gasteiger partial charge in [0.2, 0.25) is 11.8 Å². The number of pyridine rings is 1. The fraction of sp³-hybridized carbons (Fsp3) is 0.429. The number of amides is 1. The number of halogens is 2. The number of aromatic nitrogens is 1. The second kappa shape index (κ2) is 9.12. The number of nitrogens with one attached hydrogen (secondary N) is 2. The van der Waals surface area contributed by atoms with E-state index in [2.05, 4.69) is 15.6 Å². The maximum atomic E-state index is 12.7. The van der Waals surface area contributed by atoms with Gasteiger partial charge in [0, 0.05) is 29.9 Å². The molecule has 2 aliphatic rings. The first kappa shape index (κ1) is 22.5. The summed E-state index contributed by atoms with van der Waals surface area (Å²) in [5.74, 6) is 1.56. The minimum atomic E-state index is 0. The Morgan fingerprint density at radius 2 is 1.93 bits per heavy atom. The van der Waals surface area contributed by atoms with Crippen molar-refractivity contribution in [2.45, 2.75) is 33.1 Å². The van der Waals surface area contributed by atoms with Crippen molar-refractivity contribution in [2.75, 3.05) is 18.4 Å². The normalized spacial score (nSPS) is 19.1. The Kier molecular flexibility index (Phi) is 7.32. The molecule has 2 N–H and O–H groups in total. The van der Waals surface area contributed by atoms with Crippen LogP contribution in [0.1, 0.15) is 30.4 Å². The zero-order valence-electron chi connectivity index (χ0n) is 16.2. The van der Waals surface area contributed by atoms with Gasteiger partial charge >= 0.3 is 0 Å². The van der Waals surface area contributed by atoms with Crippen molar-refractivity contribution in [2.24, 2.45) is 11.3 Å². The molecule has 1 unspecified atom stereocenters. The molecule has 1 saturated heterocycles. The average Bonchev–Trinajstić information content (AvgIpc) is 3.32. The largest absolute Gasteiger partial charge is 0.439 e. The Morgan fingerprint density at radius 1 is 1.18 bits per heavy atom. The second-order valence-electron chi connectivity index (χ2n) is 7.61. The lowest BCUT2D eigenvalue weighted by atomic mass is 9.92. The summed E-state index contributed by atoms with van der Waals surface area (Å²) in [6.45, 7) is 6.04. The number of anilines is 1. The molecule has 1 atom stereocenters. The summed E-state index contributed by atoms with van der Waals surface area (Å²) in [5.41, 5.74) is 3.12. The summed E-state index contributed by atoms with van der Waals surface area (Å²) >= 11 is 0. The number of hydrogen-bond acceptors (Lipinski definition) is 4. The molecular weight excluding hydrogens is 397 g/mol. The van der Waals surface area contributed by atoms with E-state index >= 15 is 0 Å². The van der Waals surface area contributed by atoms with Gasteiger partial charge in [0.1, 0.15) is 5.75 Å². The van der Waals surface area contributed by atoms with Crippen molar-refractivity contribution in [1.82, 2.24) is 10.3 Å². The highest BCUT2D eigenvalue weighted by Crippen LogP contribution is 2.58. The molecule has 1 spiro atoms. The zero-order valence-corrected chi connectivity index (χ0v) is 17.8. The molecule has 28 heavy (non-hydrogen) atoms. The lowest BCUT2D eigenvalue weighted by molar-refractivity contribution is -0.118. The van der Waals surface area contributed by atoms with Crippen molar-refractivity contribution in [3.05, 3.63) is 47.7 Å². The first-order valence-electron chi connectivity index (χ1n) is 9.28. The van der Waals surface area contributed by atoms with Crippen LogP contribution in [0.25, 0.3) is 0 Å². The number of ether oxygens (including phenoxy) is 1. The maximum Gasteiger partial charge on any atom is 0.228 e. The fourth-order valence-electron chi connectivity index (χ4n) is 3.89. The van der Waals surface area contributed by atoms with Gasteiger partial charge in [0.15, 0.2) is 0 Å². The number of carbonyl (C=O) groups excluding carboxylic acids is 1. The van der Waals surface area contributed by atoms with Gasteiger partial charge in [-0.15, -0.1) is 24.8 Å². The number of hydrogen-bond donors (Lipinski definition) is 2. The van der Waals surface area contributed by atoms with Crippen molar-refractivity contribution in [1.29, 1.82) is 0 Å². The van der Waals surface area contributed by atoms with Crippen LogP contribution in [0.15, 0.2) is 36.5 Å². The Labute approximate surface area is 178 Å². The number of benzene rings is 1. The molecule has 0 radical (unpaired) electrons. The molecule has 1 aromatic heterocycles. The summed E-state index contributed by atoms with van der Waals surface area (Å²) in [6, 6.07) is 9.61. The number of carbonyl (C=O) groups is 1. The van der Waals surface area contributed by atoms with Crippen LogP contribution in [0, 0.1) is 25.2 Å². The smallest absolute Gasteiger partial charge is 0.228 e. The predicted octanol–water partition coefficient (Wildman–Crippen LogP) is 4.66. The standard InChI is InChI=1S/C21H25N3O2.2ClH/c1-14-5-8-23-19(11-14)26-18-12-16(4-3-15(18)2)24-20(25)17-13-21(17)6-9-22-10-7-21;;/h3-5,8,11-12,17,22H,6-7,9-10,13H2,1-2H3,(H,24,25);2*1H. The van der Waals surface area contributed by atoms with E-state index < -0.39 is 0 Å². The molecule has 2 heterocycles. The van der Waals surface area contributed by atoms with Crippen molar-refractivity contribution in [3.63, 3.8) is 0 Å². The van der Waals surface area contributed by atoms with Gasteiger partial charge in [-0.2, -0.15) is 0 Å². The third kappa shape index (κ3) is 4.77. The van der Waals surface area contributed by atoms with Crippen molar-refractivity contribution >= 4 is 36.4 Å². The minimum absolute atomic E-state index is 0. The van der Waals surface area contributed by atoms with Crippen LogP contribution in [0.2, 0.25) is 0 Å². The first-order valence-corrected chi connectivity index (χ1v) is 9.28. The third-order valence-corrected chi connectivity index (χ3v) is 5.67. The van der Waals surface area contributed by atoms with Crippen molar-refractivity contribution < 1.29 is 9.53 Å². The molecule has 2 fully saturated rings. The Hall–Kier alpha value is -1.82. The fourth-order valence-corrected chi connectivity index (χ4v) is 3.89. The van der Waals surface area contributed by atoms with E-state index in [1.165, 1.54) is 0 Å². The van der Waals surface area contributed by atoms with Crippen LogP contribution in [0.4, 0.5) is 5.69 Å². The zero-order chi connectivity index (χ0) is 18.1. The van der Waals surface area contributed by atoms with Gasteiger partial charge in [0.05, 0.1) is 0 Å². The van der Waals surface area contributed by atoms with Crippen LogP contribution in [-0.4, -0.2) is 24.0 Å². The van der Waals surface area contributed by atoms with E-state index in [0.29, 0.717) is 11.6 Å². The van der Waals surface area contributed by atoms with Gasteiger partial charge < -0.3 is 15.4 Å². The van der Waals surface area contributed by atoms with E-state index in [1.54, 1.807) is 6.20 Å². The molecule has 1 amide bonds. The molecular formula is C21H27Cl2N3O2. The summed E-state index contributed by atoms with van der Waals surface area (Å²) < 4.78 is 5.93. The number of rotatable bonds is 4. The molecule has 0 bridgehead atoms. The summed E-state index contributed by atoms with van der Waals surface area (Å²) in [5, 5.41) is 6.46. The van der Waals surface area contributed by atoms with Crippen LogP contribution >= 0.6 is 24.8 Å². The summed E-state index contributed by atoms with van der Waals surface area (Å²) in [6.07, 6.45) is 4.96. The average molecular weight is 424 g/mol. The molecule has 1 aliphatic carbocycles. The van der Waals surface area contributed by atoms with E-state index in [4.69, 9.17) is 4.74 Å². The van der Waals surface area contributed by atoms with Crippen LogP contribution in [0.5, 0.6) is 11.6 Å². The van der Waals surface area contributed by atoms with E-state index in [9.17, 15) is 4.79 Å². The second-order valence-corrected chi connectivity index (χ2v) is 7.61. The van der Waals surface area contributed by atoms with Crippen LogP contribution in [0.3, 0.4) is 0 Å². The van der Waals surface area contributed by atoms with E-state index in [1.807, 2.05) is 44.2 Å². The Balaban J connectivity index is 0.00000140. The van der Waals surface area contributed by atoms with Crippen molar-refractivity contribution in [3.8, 4) is 11.6 Å².